The number of aromatic nitrogens is 1. The molecule has 0 spiro atoms. The third-order valence-corrected chi connectivity index (χ3v) is 4.84. The van der Waals surface area contributed by atoms with Gasteiger partial charge in [0.25, 0.3) is 11.8 Å². The monoisotopic (exact) mass is 367 g/mol. The Bertz CT molecular complexity index is 948. The Morgan fingerprint density at radius 3 is 2.38 bits per heavy atom. The average molecular weight is 367 g/mol. The summed E-state index contributed by atoms with van der Waals surface area (Å²) in [6.45, 7) is 8.25. The number of hydrogen-bond donors (Lipinski definition) is 2. The zero-order chi connectivity index (χ0) is 19.0. The van der Waals surface area contributed by atoms with Gasteiger partial charge >= 0.3 is 0 Å². The van der Waals surface area contributed by atoms with Crippen LogP contribution in [0.2, 0.25) is 0 Å². The van der Waals surface area contributed by atoms with Crippen LogP contribution in [-0.2, 0) is 16.0 Å². The van der Waals surface area contributed by atoms with Gasteiger partial charge in [0.2, 0.25) is 0 Å². The molecular weight excluding hydrogens is 346 g/mol. The number of hydrogen-bond acceptors (Lipinski definition) is 3. The topological polar surface area (TPSA) is 63.1 Å². The quantitative estimate of drug-likeness (QED) is 0.498. The van der Waals surface area contributed by atoms with Crippen LogP contribution < -0.4 is 10.6 Å². The minimum Gasteiger partial charge on any atom is -0.317 e. The summed E-state index contributed by atoms with van der Waals surface area (Å²) >= 11 is 4.84. The van der Waals surface area contributed by atoms with Crippen LogP contribution in [0.5, 0.6) is 0 Å². The summed E-state index contributed by atoms with van der Waals surface area (Å²) in [5.41, 5.74) is 6.51. The molecule has 134 valence electrons. The van der Waals surface area contributed by atoms with Gasteiger partial charge in [0, 0.05) is 11.4 Å². The minimum absolute atomic E-state index is 0.0371. The highest BCUT2D eigenvalue weighted by molar-refractivity contribution is 7.80. The summed E-state index contributed by atoms with van der Waals surface area (Å²) in [6, 6.07) is 8.27. The van der Waals surface area contributed by atoms with E-state index in [1.807, 2.05) is 19.9 Å². The Morgan fingerprint density at radius 2 is 1.77 bits per heavy atom. The van der Waals surface area contributed by atoms with E-state index in [0.29, 0.717) is 0 Å². The van der Waals surface area contributed by atoms with E-state index < -0.39 is 11.8 Å². The van der Waals surface area contributed by atoms with E-state index in [0.717, 1.165) is 29.1 Å². The number of carbonyl (C=O) groups excluding carboxylic acids is 2. The van der Waals surface area contributed by atoms with Gasteiger partial charge in [-0.25, -0.2) is 0 Å². The lowest BCUT2D eigenvalue weighted by Gasteiger charge is -2.17. The van der Waals surface area contributed by atoms with Crippen LogP contribution in [0.1, 0.15) is 35.0 Å². The third kappa shape index (κ3) is 3.08. The van der Waals surface area contributed by atoms with E-state index in [2.05, 4.69) is 47.2 Å². The maximum atomic E-state index is 12.1. The molecule has 1 aliphatic rings. The van der Waals surface area contributed by atoms with Crippen molar-refractivity contribution >= 4 is 35.2 Å². The summed E-state index contributed by atoms with van der Waals surface area (Å²) < 4.78 is 2.18. The van der Waals surface area contributed by atoms with Gasteiger partial charge in [-0.1, -0.05) is 25.1 Å². The molecule has 1 fully saturated rings. The Kier molecular flexibility index (Phi) is 4.78. The molecule has 2 amide bonds. The fourth-order valence-corrected chi connectivity index (χ4v) is 3.55. The SMILES string of the molecule is CCc1cccc(C)c1-n1c(C)cc(C=C2C(=O)NC(=S)NC2=O)c1C. The van der Waals surface area contributed by atoms with Gasteiger partial charge in [0.15, 0.2) is 5.11 Å². The molecule has 0 unspecified atom stereocenters. The molecule has 0 radical (unpaired) electrons. The second-order valence-electron chi connectivity index (χ2n) is 6.39. The standard InChI is InChI=1S/C20H21N3O2S/c1-5-14-8-6-7-11(2)17(14)23-12(3)9-15(13(23)4)10-16-18(24)21-20(26)22-19(16)25/h6-10H,5H2,1-4H3,(H2,21,22,24,25,26). The number of aryl methyl sites for hydroxylation is 3. The number of thiocarbonyl (C=S) groups is 1. The number of amides is 2. The van der Waals surface area contributed by atoms with E-state index >= 15 is 0 Å². The zero-order valence-electron chi connectivity index (χ0n) is 15.3. The fraction of sp³-hybridized carbons (Fsp3) is 0.250. The van der Waals surface area contributed by atoms with Crippen LogP contribution in [0, 0.1) is 20.8 Å². The van der Waals surface area contributed by atoms with Gasteiger partial charge in [-0.05, 0) is 68.2 Å². The van der Waals surface area contributed by atoms with E-state index in [9.17, 15) is 9.59 Å². The summed E-state index contributed by atoms with van der Waals surface area (Å²) in [6.07, 6.45) is 2.54. The van der Waals surface area contributed by atoms with Crippen molar-refractivity contribution < 1.29 is 9.59 Å². The molecule has 26 heavy (non-hydrogen) atoms. The van der Waals surface area contributed by atoms with Crippen molar-refractivity contribution in [2.75, 3.05) is 0 Å². The highest BCUT2D eigenvalue weighted by Gasteiger charge is 2.26. The van der Waals surface area contributed by atoms with Crippen LogP contribution in [0.25, 0.3) is 11.8 Å². The minimum atomic E-state index is -0.478. The number of nitrogens with zero attached hydrogens (tertiary/aromatic N) is 1. The molecular formula is C20H21N3O2S. The normalized spacial score (nSPS) is 14.3. The van der Waals surface area contributed by atoms with Crippen molar-refractivity contribution in [3.05, 3.63) is 57.9 Å². The van der Waals surface area contributed by atoms with Crippen LogP contribution in [0.15, 0.2) is 29.8 Å². The van der Waals surface area contributed by atoms with Crippen LogP contribution in [0.3, 0.4) is 0 Å². The predicted molar refractivity (Wildman–Crippen MR) is 106 cm³/mol. The van der Waals surface area contributed by atoms with Gasteiger partial charge in [0.05, 0.1) is 5.69 Å². The maximum absolute atomic E-state index is 12.1. The highest BCUT2D eigenvalue weighted by atomic mass is 32.1. The van der Waals surface area contributed by atoms with Crippen molar-refractivity contribution in [2.45, 2.75) is 34.1 Å². The number of rotatable bonds is 3. The van der Waals surface area contributed by atoms with E-state index in [-0.39, 0.29) is 10.7 Å². The number of para-hydroxylation sites is 1. The van der Waals surface area contributed by atoms with E-state index in [4.69, 9.17) is 12.2 Å². The molecule has 1 aliphatic heterocycles. The molecule has 0 aliphatic carbocycles. The number of carbonyl (C=O) groups is 2. The fourth-order valence-electron chi connectivity index (χ4n) is 3.36. The van der Waals surface area contributed by atoms with Crippen LogP contribution in [0.4, 0.5) is 0 Å². The van der Waals surface area contributed by atoms with Crippen molar-refractivity contribution in [2.24, 2.45) is 0 Å². The first-order valence-corrected chi connectivity index (χ1v) is 8.90. The Balaban J connectivity index is 2.14. The second-order valence-corrected chi connectivity index (χ2v) is 6.80. The second kappa shape index (κ2) is 6.88. The summed E-state index contributed by atoms with van der Waals surface area (Å²) in [4.78, 5) is 24.2. The lowest BCUT2D eigenvalue weighted by Crippen LogP contribution is -2.51. The predicted octanol–water partition coefficient (Wildman–Crippen LogP) is 2.88. The molecule has 1 aromatic carbocycles. The van der Waals surface area contributed by atoms with Gasteiger partial charge in [-0.15, -0.1) is 0 Å². The van der Waals surface area contributed by atoms with Crippen molar-refractivity contribution in [1.82, 2.24) is 15.2 Å². The molecule has 0 atom stereocenters. The lowest BCUT2D eigenvalue weighted by atomic mass is 10.0. The Labute approximate surface area is 158 Å². The molecule has 2 N–H and O–H groups in total. The number of benzene rings is 1. The molecule has 1 saturated heterocycles. The first-order valence-electron chi connectivity index (χ1n) is 8.49. The molecule has 1 aromatic heterocycles. The average Bonchev–Trinajstić information content (AvgIpc) is 2.84. The first kappa shape index (κ1) is 18.1. The summed E-state index contributed by atoms with van der Waals surface area (Å²) in [7, 11) is 0. The summed E-state index contributed by atoms with van der Waals surface area (Å²) in [5.74, 6) is -0.956. The molecule has 2 aromatic rings. The first-order chi connectivity index (χ1) is 12.3. The highest BCUT2D eigenvalue weighted by Crippen LogP contribution is 2.28. The van der Waals surface area contributed by atoms with Crippen molar-refractivity contribution in [3.8, 4) is 5.69 Å². The molecule has 0 saturated carbocycles. The molecule has 5 nitrogen and oxygen atoms in total. The summed E-state index contributed by atoms with van der Waals surface area (Å²) in [5, 5.41) is 4.97. The Hall–Kier alpha value is -2.73. The molecule has 2 heterocycles. The molecule has 3 rings (SSSR count). The van der Waals surface area contributed by atoms with Crippen molar-refractivity contribution in [3.63, 3.8) is 0 Å². The number of nitrogens with one attached hydrogen (secondary N) is 2. The van der Waals surface area contributed by atoms with Crippen LogP contribution in [-0.4, -0.2) is 21.5 Å². The van der Waals surface area contributed by atoms with Crippen molar-refractivity contribution in [1.29, 1.82) is 0 Å². The largest absolute Gasteiger partial charge is 0.317 e. The van der Waals surface area contributed by atoms with E-state index in [1.54, 1.807) is 6.08 Å². The maximum Gasteiger partial charge on any atom is 0.263 e. The van der Waals surface area contributed by atoms with Gasteiger partial charge in [-0.3, -0.25) is 20.2 Å². The van der Waals surface area contributed by atoms with E-state index in [1.165, 1.54) is 11.1 Å². The van der Waals surface area contributed by atoms with Gasteiger partial charge in [-0.2, -0.15) is 0 Å². The molecule has 6 heteroatoms. The van der Waals surface area contributed by atoms with Gasteiger partial charge in [0.1, 0.15) is 5.57 Å². The Morgan fingerprint density at radius 1 is 1.12 bits per heavy atom. The zero-order valence-corrected chi connectivity index (χ0v) is 16.1. The molecule has 0 bridgehead atoms. The van der Waals surface area contributed by atoms with Gasteiger partial charge < -0.3 is 4.57 Å². The third-order valence-electron chi connectivity index (χ3n) is 4.64. The van der Waals surface area contributed by atoms with Crippen LogP contribution >= 0.6 is 12.2 Å². The lowest BCUT2D eigenvalue weighted by molar-refractivity contribution is -0.123. The smallest absolute Gasteiger partial charge is 0.263 e.